The zero-order valence-electron chi connectivity index (χ0n) is 8.14. The Labute approximate surface area is 84.3 Å². The van der Waals surface area contributed by atoms with Crippen LogP contribution >= 0.6 is 7.14 Å². The zero-order chi connectivity index (χ0) is 10.6. The Morgan fingerprint density at radius 2 is 1.71 bits per heavy atom. The maximum Gasteiger partial charge on any atom is 0.156 e. The molecule has 2 nitrogen and oxygen atoms in total. The van der Waals surface area contributed by atoms with Gasteiger partial charge in [0.2, 0.25) is 0 Å². The van der Waals surface area contributed by atoms with Gasteiger partial charge in [-0.1, -0.05) is 13.2 Å². The van der Waals surface area contributed by atoms with Crippen molar-refractivity contribution in [1.82, 2.24) is 0 Å². The second kappa shape index (κ2) is 4.30. The van der Waals surface area contributed by atoms with Crippen LogP contribution in [0.25, 0.3) is 0 Å². The van der Waals surface area contributed by atoms with Gasteiger partial charge < -0.3 is 9.30 Å². The topological polar surface area (TPSA) is 26.3 Å². The van der Waals surface area contributed by atoms with Gasteiger partial charge >= 0.3 is 0 Å². The van der Waals surface area contributed by atoms with Crippen molar-refractivity contribution in [3.8, 4) is 5.75 Å². The lowest BCUT2D eigenvalue weighted by Gasteiger charge is -2.09. The van der Waals surface area contributed by atoms with Gasteiger partial charge in [0.1, 0.15) is 5.75 Å². The van der Waals surface area contributed by atoms with Crippen LogP contribution in [0.15, 0.2) is 49.1 Å². The standard InChI is InChI=1S/C11H13O2P/c1-4-14(12,5-2)11-8-6-10(13-3)7-9-11/h4-9H,1-2H2,3H3. The number of ether oxygens (including phenoxy) is 1. The molecule has 1 aromatic carbocycles. The van der Waals surface area contributed by atoms with Gasteiger partial charge in [-0.05, 0) is 35.9 Å². The van der Waals surface area contributed by atoms with E-state index in [4.69, 9.17) is 4.74 Å². The summed E-state index contributed by atoms with van der Waals surface area (Å²) in [5.41, 5.74) is 0. The molecule has 1 rings (SSSR count). The Morgan fingerprint density at radius 1 is 1.21 bits per heavy atom. The highest BCUT2D eigenvalue weighted by Gasteiger charge is 2.15. The van der Waals surface area contributed by atoms with E-state index < -0.39 is 7.14 Å². The number of rotatable bonds is 4. The summed E-state index contributed by atoms with van der Waals surface area (Å²) in [5, 5.41) is 0.725. The molecule has 0 unspecified atom stereocenters. The SMILES string of the molecule is C=CP(=O)(C=C)c1ccc(OC)cc1. The maximum atomic E-state index is 12.1. The fourth-order valence-corrected chi connectivity index (χ4v) is 2.29. The number of methoxy groups -OCH3 is 1. The van der Waals surface area contributed by atoms with Crippen LogP contribution in [0.1, 0.15) is 0 Å². The highest BCUT2D eigenvalue weighted by molar-refractivity contribution is 7.77. The van der Waals surface area contributed by atoms with Gasteiger partial charge in [-0.3, -0.25) is 0 Å². The molecule has 0 aliphatic heterocycles. The summed E-state index contributed by atoms with van der Waals surface area (Å²) in [6, 6.07) is 7.08. The van der Waals surface area contributed by atoms with Gasteiger partial charge in [0.25, 0.3) is 0 Å². The summed E-state index contributed by atoms with van der Waals surface area (Å²) >= 11 is 0. The molecule has 0 bridgehead atoms. The van der Waals surface area contributed by atoms with E-state index >= 15 is 0 Å². The molecular weight excluding hydrogens is 195 g/mol. The van der Waals surface area contributed by atoms with Gasteiger partial charge in [-0.15, -0.1) is 0 Å². The van der Waals surface area contributed by atoms with Crippen LogP contribution in [0.4, 0.5) is 0 Å². The van der Waals surface area contributed by atoms with Crippen molar-refractivity contribution < 1.29 is 9.30 Å². The fourth-order valence-electron chi connectivity index (χ4n) is 1.10. The van der Waals surface area contributed by atoms with Crippen molar-refractivity contribution >= 4 is 12.4 Å². The van der Waals surface area contributed by atoms with E-state index in [0.717, 1.165) is 11.1 Å². The van der Waals surface area contributed by atoms with E-state index in [9.17, 15) is 4.57 Å². The Balaban J connectivity index is 3.14. The number of hydrogen-bond acceptors (Lipinski definition) is 2. The molecule has 1 aromatic rings. The molecule has 0 heterocycles. The highest BCUT2D eigenvalue weighted by atomic mass is 31.2. The Morgan fingerprint density at radius 3 is 2.07 bits per heavy atom. The quantitative estimate of drug-likeness (QED) is 0.711. The fraction of sp³-hybridized carbons (Fsp3) is 0.0909. The Hall–Kier alpha value is -1.27. The van der Waals surface area contributed by atoms with E-state index in [1.807, 2.05) is 0 Å². The Bertz CT molecular complexity index is 367. The van der Waals surface area contributed by atoms with Crippen LogP contribution in [-0.2, 0) is 4.57 Å². The third kappa shape index (κ3) is 1.97. The lowest BCUT2D eigenvalue weighted by Crippen LogP contribution is -2.00. The average molecular weight is 208 g/mol. The molecule has 0 saturated heterocycles. The lowest BCUT2D eigenvalue weighted by molar-refractivity contribution is 0.415. The van der Waals surface area contributed by atoms with E-state index in [0.29, 0.717) is 0 Å². The summed E-state index contributed by atoms with van der Waals surface area (Å²) in [6.45, 7) is 7.11. The molecule has 0 N–H and O–H groups in total. The minimum Gasteiger partial charge on any atom is -0.497 e. The van der Waals surface area contributed by atoms with E-state index in [2.05, 4.69) is 13.2 Å². The van der Waals surface area contributed by atoms with Crippen LogP contribution < -0.4 is 10.0 Å². The average Bonchev–Trinajstić information content (AvgIpc) is 2.28. The third-order valence-electron chi connectivity index (χ3n) is 2.02. The molecule has 74 valence electrons. The molecule has 0 aliphatic carbocycles. The van der Waals surface area contributed by atoms with E-state index in [-0.39, 0.29) is 0 Å². The van der Waals surface area contributed by atoms with Crippen molar-refractivity contribution in [2.45, 2.75) is 0 Å². The van der Waals surface area contributed by atoms with E-state index in [1.54, 1.807) is 31.4 Å². The van der Waals surface area contributed by atoms with Crippen molar-refractivity contribution in [1.29, 1.82) is 0 Å². The molecule has 14 heavy (non-hydrogen) atoms. The summed E-state index contributed by atoms with van der Waals surface area (Å²) in [7, 11) is -0.999. The lowest BCUT2D eigenvalue weighted by atomic mass is 10.3. The van der Waals surface area contributed by atoms with Gasteiger partial charge in [0.05, 0.1) is 7.11 Å². The van der Waals surface area contributed by atoms with Crippen LogP contribution in [0.2, 0.25) is 0 Å². The number of benzene rings is 1. The molecule has 0 spiro atoms. The van der Waals surface area contributed by atoms with E-state index in [1.165, 1.54) is 11.6 Å². The normalized spacial score (nSPS) is 10.6. The number of hydrogen-bond donors (Lipinski definition) is 0. The van der Waals surface area contributed by atoms with Crippen LogP contribution in [0, 0.1) is 0 Å². The maximum absolute atomic E-state index is 12.1. The first-order valence-corrected chi connectivity index (χ1v) is 6.02. The molecule has 0 aliphatic rings. The van der Waals surface area contributed by atoms with Crippen molar-refractivity contribution in [2.75, 3.05) is 7.11 Å². The monoisotopic (exact) mass is 208 g/mol. The summed E-state index contributed by atoms with van der Waals surface area (Å²) in [6.07, 6.45) is 0. The highest BCUT2D eigenvalue weighted by Crippen LogP contribution is 2.46. The zero-order valence-corrected chi connectivity index (χ0v) is 9.04. The molecule has 0 fully saturated rings. The second-order valence-corrected chi connectivity index (χ2v) is 5.44. The minimum absolute atomic E-state index is 0.725. The van der Waals surface area contributed by atoms with Crippen molar-refractivity contribution in [3.63, 3.8) is 0 Å². The first-order valence-electron chi connectivity index (χ1n) is 4.17. The van der Waals surface area contributed by atoms with Crippen LogP contribution in [0.5, 0.6) is 5.75 Å². The predicted molar refractivity (Wildman–Crippen MR) is 60.6 cm³/mol. The molecule has 0 atom stereocenters. The predicted octanol–water partition coefficient (Wildman–Crippen LogP) is 2.97. The largest absolute Gasteiger partial charge is 0.497 e. The molecule has 0 amide bonds. The first-order chi connectivity index (χ1) is 6.66. The first kappa shape index (κ1) is 10.8. The minimum atomic E-state index is -2.59. The van der Waals surface area contributed by atoms with Crippen molar-refractivity contribution in [3.05, 3.63) is 49.1 Å². The molecule has 0 aromatic heterocycles. The van der Waals surface area contributed by atoms with Gasteiger partial charge in [-0.25, -0.2) is 0 Å². The van der Waals surface area contributed by atoms with Gasteiger partial charge in [0.15, 0.2) is 7.14 Å². The summed E-state index contributed by atoms with van der Waals surface area (Å²) in [4.78, 5) is 0. The van der Waals surface area contributed by atoms with Gasteiger partial charge in [0, 0.05) is 5.30 Å². The molecule has 0 radical (unpaired) electrons. The second-order valence-electron chi connectivity index (χ2n) is 2.77. The molecular formula is C11H13O2P. The molecule has 3 heteroatoms. The van der Waals surface area contributed by atoms with Gasteiger partial charge in [-0.2, -0.15) is 0 Å². The summed E-state index contributed by atoms with van der Waals surface area (Å²) < 4.78 is 17.1. The smallest absolute Gasteiger partial charge is 0.156 e. The van der Waals surface area contributed by atoms with Crippen molar-refractivity contribution in [2.24, 2.45) is 0 Å². The third-order valence-corrected chi connectivity index (χ3v) is 4.21. The van der Waals surface area contributed by atoms with Crippen LogP contribution in [-0.4, -0.2) is 7.11 Å². The molecule has 0 saturated carbocycles. The Kier molecular flexibility index (Phi) is 3.32. The summed E-state index contributed by atoms with van der Waals surface area (Å²) in [5.74, 6) is 3.64. The van der Waals surface area contributed by atoms with Crippen LogP contribution in [0.3, 0.4) is 0 Å².